The van der Waals surface area contributed by atoms with Gasteiger partial charge in [0.1, 0.15) is 0 Å². The lowest BCUT2D eigenvalue weighted by Crippen LogP contribution is -2.21. The van der Waals surface area contributed by atoms with E-state index in [-0.39, 0.29) is 18.1 Å². The molecular weight excluding hydrogens is 334 g/mol. The van der Waals surface area contributed by atoms with Crippen LogP contribution >= 0.6 is 0 Å². The molecule has 2 N–H and O–H groups in total. The van der Waals surface area contributed by atoms with E-state index in [2.05, 4.69) is 28.8 Å². The van der Waals surface area contributed by atoms with Crippen LogP contribution in [0, 0.1) is 11.6 Å². The van der Waals surface area contributed by atoms with Gasteiger partial charge in [0.2, 0.25) is 5.91 Å². The lowest BCUT2D eigenvalue weighted by atomic mass is 10.1. The predicted molar refractivity (Wildman–Crippen MR) is 98.2 cm³/mol. The molecule has 5 heteroatoms. The second kappa shape index (κ2) is 6.59. The third kappa shape index (κ3) is 3.16. The summed E-state index contributed by atoms with van der Waals surface area (Å²) in [7, 11) is 0. The largest absolute Gasteiger partial charge is 0.376 e. The van der Waals surface area contributed by atoms with Gasteiger partial charge < -0.3 is 10.6 Å². The number of fused-ring (bicyclic) bond motifs is 3. The molecule has 4 rings (SSSR count). The van der Waals surface area contributed by atoms with Gasteiger partial charge in [0.15, 0.2) is 11.6 Å². The molecule has 0 radical (unpaired) electrons. The highest BCUT2D eigenvalue weighted by Gasteiger charge is 2.17. The Morgan fingerprint density at radius 1 is 0.846 bits per heavy atom. The molecule has 26 heavy (non-hydrogen) atoms. The van der Waals surface area contributed by atoms with Gasteiger partial charge in [-0.1, -0.05) is 30.3 Å². The number of carbonyl (C=O) groups excluding carboxylic acids is 1. The molecule has 0 unspecified atom stereocenters. The minimum Gasteiger partial charge on any atom is -0.376 e. The lowest BCUT2D eigenvalue weighted by Gasteiger charge is -2.10. The van der Waals surface area contributed by atoms with Crippen molar-refractivity contribution in [2.24, 2.45) is 0 Å². The van der Waals surface area contributed by atoms with Crippen LogP contribution in [-0.4, -0.2) is 12.5 Å². The molecule has 0 spiro atoms. The molecule has 0 saturated carbocycles. The Morgan fingerprint density at radius 3 is 2.46 bits per heavy atom. The van der Waals surface area contributed by atoms with Crippen LogP contribution in [-0.2, 0) is 11.2 Å². The van der Waals surface area contributed by atoms with Gasteiger partial charge in [0, 0.05) is 17.4 Å². The van der Waals surface area contributed by atoms with Crippen LogP contribution in [0.15, 0.2) is 60.7 Å². The Kier molecular flexibility index (Phi) is 4.13. The predicted octanol–water partition coefficient (Wildman–Crippen LogP) is 4.59. The fraction of sp³-hybridized carbons (Fsp3) is 0.0952. The van der Waals surface area contributed by atoms with Gasteiger partial charge in [-0.3, -0.25) is 4.79 Å². The first kappa shape index (κ1) is 16.3. The summed E-state index contributed by atoms with van der Waals surface area (Å²) in [5, 5.41) is 5.61. The molecule has 1 amide bonds. The van der Waals surface area contributed by atoms with E-state index in [9.17, 15) is 13.6 Å². The first-order valence-electron chi connectivity index (χ1n) is 8.30. The Labute approximate surface area is 149 Å². The average Bonchev–Trinajstić information content (AvgIpc) is 3.01. The monoisotopic (exact) mass is 350 g/mol. The average molecular weight is 350 g/mol. The number of hydrogen-bond donors (Lipinski definition) is 2. The summed E-state index contributed by atoms with van der Waals surface area (Å²) in [6.07, 6.45) is 0.877. The minimum absolute atomic E-state index is 0.0325. The maximum Gasteiger partial charge on any atom is 0.243 e. The summed E-state index contributed by atoms with van der Waals surface area (Å²) < 4.78 is 26.1. The van der Waals surface area contributed by atoms with Gasteiger partial charge in [-0.15, -0.1) is 0 Å². The van der Waals surface area contributed by atoms with Gasteiger partial charge >= 0.3 is 0 Å². The van der Waals surface area contributed by atoms with E-state index in [1.54, 1.807) is 0 Å². The number of rotatable bonds is 4. The Balaban J connectivity index is 1.40. The molecule has 130 valence electrons. The SMILES string of the molecule is O=C(CNc1ccc2c(c1)Cc1ccccc1-2)Nc1ccc(F)c(F)c1. The smallest absolute Gasteiger partial charge is 0.243 e. The van der Waals surface area contributed by atoms with Crippen LogP contribution in [0.4, 0.5) is 20.2 Å². The summed E-state index contributed by atoms with van der Waals surface area (Å²) in [4.78, 5) is 12.0. The van der Waals surface area contributed by atoms with Crippen molar-refractivity contribution in [3.05, 3.63) is 83.4 Å². The minimum atomic E-state index is -0.992. The molecule has 1 aliphatic carbocycles. The normalized spacial score (nSPS) is 11.6. The fourth-order valence-electron chi connectivity index (χ4n) is 3.22. The number of halogens is 2. The molecule has 0 aromatic heterocycles. The molecule has 3 aromatic carbocycles. The molecule has 3 aromatic rings. The van der Waals surface area contributed by atoms with Crippen LogP contribution in [0.3, 0.4) is 0 Å². The zero-order valence-electron chi connectivity index (χ0n) is 13.9. The number of amides is 1. The summed E-state index contributed by atoms with van der Waals surface area (Å²) in [6, 6.07) is 17.6. The molecule has 0 fully saturated rings. The molecule has 0 atom stereocenters. The number of anilines is 2. The van der Waals surface area contributed by atoms with Gasteiger partial charge in [-0.2, -0.15) is 0 Å². The van der Waals surface area contributed by atoms with E-state index in [4.69, 9.17) is 0 Å². The van der Waals surface area contributed by atoms with Crippen molar-refractivity contribution in [3.8, 4) is 11.1 Å². The second-order valence-electron chi connectivity index (χ2n) is 6.24. The molecular formula is C21H16F2N2O. The zero-order valence-corrected chi connectivity index (χ0v) is 13.9. The van der Waals surface area contributed by atoms with Gasteiger partial charge in [-0.05, 0) is 52.9 Å². The van der Waals surface area contributed by atoms with E-state index >= 15 is 0 Å². The number of benzene rings is 3. The molecule has 3 nitrogen and oxygen atoms in total. The first-order chi connectivity index (χ1) is 12.6. The van der Waals surface area contributed by atoms with Crippen LogP contribution in [0.5, 0.6) is 0 Å². The van der Waals surface area contributed by atoms with Crippen molar-refractivity contribution in [1.82, 2.24) is 0 Å². The van der Waals surface area contributed by atoms with E-state index in [1.165, 1.54) is 28.3 Å². The molecule has 1 aliphatic rings. The molecule has 0 saturated heterocycles. The Hall–Kier alpha value is -3.21. The Morgan fingerprint density at radius 2 is 1.62 bits per heavy atom. The van der Waals surface area contributed by atoms with E-state index in [1.807, 2.05) is 24.3 Å². The van der Waals surface area contributed by atoms with Crippen molar-refractivity contribution < 1.29 is 13.6 Å². The Bertz CT molecular complexity index is 1000. The third-order valence-corrected chi connectivity index (χ3v) is 4.45. The second-order valence-corrected chi connectivity index (χ2v) is 6.24. The van der Waals surface area contributed by atoms with E-state index in [0.717, 1.165) is 24.2 Å². The summed E-state index contributed by atoms with van der Waals surface area (Å²) in [5.74, 6) is -2.27. The van der Waals surface area contributed by atoms with Gasteiger partial charge in [0.25, 0.3) is 0 Å². The molecule has 0 heterocycles. The van der Waals surface area contributed by atoms with Crippen molar-refractivity contribution in [3.63, 3.8) is 0 Å². The summed E-state index contributed by atoms with van der Waals surface area (Å²) in [5.41, 5.74) is 6.06. The van der Waals surface area contributed by atoms with Crippen LogP contribution in [0.2, 0.25) is 0 Å². The fourth-order valence-corrected chi connectivity index (χ4v) is 3.22. The molecule has 0 bridgehead atoms. The summed E-state index contributed by atoms with van der Waals surface area (Å²) >= 11 is 0. The highest BCUT2D eigenvalue weighted by molar-refractivity contribution is 5.93. The quantitative estimate of drug-likeness (QED) is 0.565. The molecule has 0 aliphatic heterocycles. The number of carbonyl (C=O) groups is 1. The third-order valence-electron chi connectivity index (χ3n) is 4.45. The van der Waals surface area contributed by atoms with Gasteiger partial charge in [0.05, 0.1) is 6.54 Å². The topological polar surface area (TPSA) is 41.1 Å². The number of hydrogen-bond acceptors (Lipinski definition) is 2. The van der Waals surface area contributed by atoms with Crippen molar-refractivity contribution >= 4 is 17.3 Å². The van der Waals surface area contributed by atoms with Crippen LogP contribution in [0.1, 0.15) is 11.1 Å². The lowest BCUT2D eigenvalue weighted by molar-refractivity contribution is -0.114. The maximum atomic E-state index is 13.2. The summed E-state index contributed by atoms with van der Waals surface area (Å²) in [6.45, 7) is 0.0325. The van der Waals surface area contributed by atoms with Crippen molar-refractivity contribution in [2.75, 3.05) is 17.2 Å². The first-order valence-corrected chi connectivity index (χ1v) is 8.30. The van der Waals surface area contributed by atoms with E-state index in [0.29, 0.717) is 0 Å². The highest BCUT2D eigenvalue weighted by Crippen LogP contribution is 2.37. The van der Waals surface area contributed by atoms with Crippen molar-refractivity contribution in [2.45, 2.75) is 6.42 Å². The van der Waals surface area contributed by atoms with E-state index < -0.39 is 11.6 Å². The van der Waals surface area contributed by atoms with Crippen LogP contribution in [0.25, 0.3) is 11.1 Å². The van der Waals surface area contributed by atoms with Crippen molar-refractivity contribution in [1.29, 1.82) is 0 Å². The number of nitrogens with one attached hydrogen (secondary N) is 2. The zero-order chi connectivity index (χ0) is 18.1. The standard InChI is InChI=1S/C21H16F2N2O/c22-19-8-6-16(11-20(19)23)25-21(26)12-24-15-5-7-18-14(10-15)9-13-3-1-2-4-17(13)18/h1-8,10-11,24H,9,12H2,(H,25,26). The van der Waals surface area contributed by atoms with Crippen LogP contribution < -0.4 is 10.6 Å². The highest BCUT2D eigenvalue weighted by atomic mass is 19.2. The van der Waals surface area contributed by atoms with Gasteiger partial charge in [-0.25, -0.2) is 8.78 Å². The maximum absolute atomic E-state index is 13.2.